The Balaban J connectivity index is 1.72. The lowest BCUT2D eigenvalue weighted by molar-refractivity contribution is 0.0684. The quantitative estimate of drug-likeness (QED) is 0.415. The fourth-order valence-corrected chi connectivity index (χ4v) is 3.93. The highest BCUT2D eigenvalue weighted by atomic mass is 35.5. The van der Waals surface area contributed by atoms with Crippen molar-refractivity contribution in [2.45, 2.75) is 19.6 Å². The Hall–Kier alpha value is -3.15. The molecule has 0 saturated carbocycles. The van der Waals surface area contributed by atoms with E-state index in [-0.39, 0.29) is 18.1 Å². The van der Waals surface area contributed by atoms with Crippen molar-refractivity contribution in [3.8, 4) is 0 Å². The number of para-hydroxylation sites is 1. The molecule has 0 fully saturated rings. The first kappa shape index (κ1) is 20.1. The first-order chi connectivity index (χ1) is 14.6. The second kappa shape index (κ2) is 8.69. The predicted octanol–water partition coefficient (Wildman–Crippen LogP) is 5.47. The third-order valence-electron chi connectivity index (χ3n) is 5.14. The number of aromatic nitrogens is 1. The molecule has 0 unspecified atom stereocenters. The molecule has 0 aliphatic carbocycles. The zero-order valence-corrected chi connectivity index (χ0v) is 16.9. The molecule has 0 atom stereocenters. The number of fused-ring (bicyclic) bond motifs is 1. The predicted molar refractivity (Wildman–Crippen MR) is 116 cm³/mol. The van der Waals surface area contributed by atoms with Gasteiger partial charge in [0, 0.05) is 40.1 Å². The Morgan fingerprint density at radius 2 is 1.60 bits per heavy atom. The fourth-order valence-electron chi connectivity index (χ4n) is 3.72. The van der Waals surface area contributed by atoms with Crippen LogP contribution in [0.2, 0.25) is 5.02 Å². The Bertz CT molecular complexity index is 1220. The van der Waals surface area contributed by atoms with E-state index in [2.05, 4.69) is 5.32 Å². The van der Waals surface area contributed by atoms with Crippen molar-refractivity contribution < 1.29 is 14.3 Å². The second-order valence-electron chi connectivity index (χ2n) is 7.02. The Morgan fingerprint density at radius 3 is 2.33 bits per heavy atom. The number of halogens is 2. The maximum absolute atomic E-state index is 14.3. The van der Waals surface area contributed by atoms with Gasteiger partial charge in [-0.2, -0.15) is 0 Å². The lowest BCUT2D eigenvalue weighted by atomic mass is 10.1. The molecule has 0 spiro atoms. The molecule has 0 amide bonds. The van der Waals surface area contributed by atoms with Crippen LogP contribution in [0.25, 0.3) is 10.9 Å². The molecule has 0 aliphatic rings. The molecule has 4 aromatic rings. The molecule has 3 aromatic carbocycles. The highest BCUT2D eigenvalue weighted by Gasteiger charge is 2.22. The molecule has 6 heteroatoms. The van der Waals surface area contributed by atoms with Gasteiger partial charge in [0.15, 0.2) is 0 Å². The van der Waals surface area contributed by atoms with Crippen LogP contribution in [-0.2, 0) is 19.6 Å². The van der Waals surface area contributed by atoms with Crippen molar-refractivity contribution in [3.63, 3.8) is 0 Å². The van der Waals surface area contributed by atoms with Gasteiger partial charge in [-0.15, -0.1) is 0 Å². The van der Waals surface area contributed by atoms with E-state index in [4.69, 9.17) is 11.6 Å². The summed E-state index contributed by atoms with van der Waals surface area (Å²) in [5.74, 6) is -1.40. The van der Waals surface area contributed by atoms with Gasteiger partial charge in [-0.3, -0.25) is 0 Å². The van der Waals surface area contributed by atoms with Crippen molar-refractivity contribution in [2.75, 3.05) is 0 Å². The molecule has 2 N–H and O–H groups in total. The van der Waals surface area contributed by atoms with Crippen molar-refractivity contribution >= 4 is 28.5 Å². The van der Waals surface area contributed by atoms with Gasteiger partial charge in [0.2, 0.25) is 0 Å². The van der Waals surface area contributed by atoms with E-state index in [0.717, 1.165) is 16.5 Å². The third kappa shape index (κ3) is 3.95. The Labute approximate surface area is 178 Å². The molecule has 0 bridgehead atoms. The highest BCUT2D eigenvalue weighted by Crippen LogP contribution is 2.28. The summed E-state index contributed by atoms with van der Waals surface area (Å²) in [4.78, 5) is 12.2. The zero-order valence-electron chi connectivity index (χ0n) is 16.1. The number of hydrogen-bond acceptors (Lipinski definition) is 2. The van der Waals surface area contributed by atoms with Crippen LogP contribution in [0, 0.1) is 5.82 Å². The molecule has 4 rings (SSSR count). The minimum Gasteiger partial charge on any atom is -0.477 e. The minimum atomic E-state index is -1.04. The standard InChI is InChI=1S/C24H20ClFN2O2/c25-20-10-4-1-7-16(20)13-27-14-19-18-9-3-6-12-22(18)28(23(19)24(29)30)15-17-8-2-5-11-21(17)26/h1-12,27H,13-15H2,(H,29,30). The van der Waals surface area contributed by atoms with Gasteiger partial charge in [0.1, 0.15) is 11.5 Å². The summed E-state index contributed by atoms with van der Waals surface area (Å²) in [6.45, 7) is 0.989. The first-order valence-corrected chi connectivity index (χ1v) is 9.95. The van der Waals surface area contributed by atoms with E-state index >= 15 is 0 Å². The second-order valence-corrected chi connectivity index (χ2v) is 7.43. The molecule has 1 aromatic heterocycles. The van der Waals surface area contributed by atoms with Gasteiger partial charge >= 0.3 is 5.97 Å². The minimum absolute atomic E-state index is 0.138. The van der Waals surface area contributed by atoms with Crippen molar-refractivity contribution in [1.29, 1.82) is 0 Å². The largest absolute Gasteiger partial charge is 0.477 e. The van der Waals surface area contributed by atoms with Crippen molar-refractivity contribution in [1.82, 2.24) is 9.88 Å². The van der Waals surface area contributed by atoms with Crippen molar-refractivity contribution in [3.05, 3.63) is 106 Å². The van der Waals surface area contributed by atoms with Gasteiger partial charge in [-0.05, 0) is 23.8 Å². The van der Waals surface area contributed by atoms with E-state index in [9.17, 15) is 14.3 Å². The Morgan fingerprint density at radius 1 is 0.933 bits per heavy atom. The van der Waals surface area contributed by atoms with Gasteiger partial charge in [-0.25, -0.2) is 9.18 Å². The normalized spacial score (nSPS) is 11.1. The van der Waals surface area contributed by atoms with Crippen LogP contribution < -0.4 is 5.32 Å². The lowest BCUT2D eigenvalue weighted by Crippen LogP contribution is -2.17. The van der Waals surface area contributed by atoms with Crippen LogP contribution in [0.5, 0.6) is 0 Å². The molecule has 0 saturated heterocycles. The summed E-state index contributed by atoms with van der Waals surface area (Å²) in [6.07, 6.45) is 0. The fraction of sp³-hybridized carbons (Fsp3) is 0.125. The molecular formula is C24H20ClFN2O2. The summed E-state index contributed by atoms with van der Waals surface area (Å²) < 4.78 is 15.9. The number of aromatic carboxylic acids is 1. The van der Waals surface area contributed by atoms with E-state index in [0.29, 0.717) is 29.2 Å². The average Bonchev–Trinajstić information content (AvgIpc) is 3.05. The summed E-state index contributed by atoms with van der Waals surface area (Å²) >= 11 is 6.22. The lowest BCUT2D eigenvalue weighted by Gasteiger charge is -2.11. The van der Waals surface area contributed by atoms with Crippen LogP contribution in [0.3, 0.4) is 0 Å². The van der Waals surface area contributed by atoms with Crippen LogP contribution in [0.1, 0.15) is 27.2 Å². The maximum Gasteiger partial charge on any atom is 0.352 e. The van der Waals surface area contributed by atoms with Gasteiger partial charge in [0.05, 0.1) is 6.54 Å². The van der Waals surface area contributed by atoms with Crippen LogP contribution >= 0.6 is 11.6 Å². The van der Waals surface area contributed by atoms with Crippen LogP contribution in [-0.4, -0.2) is 15.6 Å². The van der Waals surface area contributed by atoms with Crippen LogP contribution in [0.15, 0.2) is 72.8 Å². The summed E-state index contributed by atoms with van der Waals surface area (Å²) in [7, 11) is 0. The van der Waals surface area contributed by atoms with Gasteiger partial charge in [-0.1, -0.05) is 66.2 Å². The summed E-state index contributed by atoms with van der Waals surface area (Å²) in [6, 6.07) is 21.4. The van der Waals surface area contributed by atoms with E-state index in [1.165, 1.54) is 6.07 Å². The molecule has 0 aliphatic heterocycles. The monoisotopic (exact) mass is 422 g/mol. The number of nitrogens with zero attached hydrogens (tertiary/aromatic N) is 1. The number of nitrogens with one attached hydrogen (secondary N) is 1. The molecule has 1 heterocycles. The molecular weight excluding hydrogens is 403 g/mol. The molecule has 30 heavy (non-hydrogen) atoms. The van der Waals surface area contributed by atoms with Gasteiger partial charge in [0.25, 0.3) is 0 Å². The number of rotatable bonds is 7. The number of hydrogen-bond donors (Lipinski definition) is 2. The molecule has 4 nitrogen and oxygen atoms in total. The molecule has 0 radical (unpaired) electrons. The number of carboxylic acids is 1. The summed E-state index contributed by atoms with van der Waals surface area (Å²) in [5.41, 5.74) is 2.96. The van der Waals surface area contributed by atoms with E-state index < -0.39 is 5.97 Å². The maximum atomic E-state index is 14.3. The molecule has 152 valence electrons. The first-order valence-electron chi connectivity index (χ1n) is 9.57. The smallest absolute Gasteiger partial charge is 0.352 e. The number of carbonyl (C=O) groups is 1. The summed E-state index contributed by atoms with van der Waals surface area (Å²) in [5, 5.41) is 14.8. The van der Waals surface area contributed by atoms with Gasteiger partial charge < -0.3 is 15.0 Å². The zero-order chi connectivity index (χ0) is 21.1. The number of benzene rings is 3. The highest BCUT2D eigenvalue weighted by molar-refractivity contribution is 6.31. The SMILES string of the molecule is O=C(O)c1c(CNCc2ccccc2Cl)c2ccccc2n1Cc1ccccc1F. The Kier molecular flexibility index (Phi) is 5.84. The van der Waals surface area contributed by atoms with Crippen molar-refractivity contribution in [2.24, 2.45) is 0 Å². The van der Waals surface area contributed by atoms with E-state index in [1.807, 2.05) is 48.5 Å². The third-order valence-corrected chi connectivity index (χ3v) is 5.51. The number of carboxylic acid groups (broad SMARTS) is 1. The van der Waals surface area contributed by atoms with E-state index in [1.54, 1.807) is 22.8 Å². The topological polar surface area (TPSA) is 54.3 Å². The van der Waals surface area contributed by atoms with Crippen LogP contribution in [0.4, 0.5) is 4.39 Å². The average molecular weight is 423 g/mol.